The van der Waals surface area contributed by atoms with E-state index in [-0.39, 0.29) is 0 Å². The van der Waals surface area contributed by atoms with Gasteiger partial charge >= 0.3 is 0 Å². The van der Waals surface area contributed by atoms with E-state index in [0.717, 1.165) is 0 Å². The third-order valence-electron chi connectivity index (χ3n) is 6.89. The second-order valence-corrected chi connectivity index (χ2v) is 9.71. The van der Waals surface area contributed by atoms with Crippen LogP contribution in [0.25, 0.3) is 64.4 Å². The van der Waals surface area contributed by atoms with E-state index in [0.29, 0.717) is 0 Å². The minimum Gasteiger partial charge on any atom is -0.309 e. The lowest BCUT2D eigenvalue weighted by molar-refractivity contribution is 1.16. The van der Waals surface area contributed by atoms with Gasteiger partial charge in [-0.15, -0.1) is 11.3 Å². The van der Waals surface area contributed by atoms with Crippen LogP contribution in [-0.2, 0) is 0 Å². The molecule has 0 saturated heterocycles. The number of nitrogens with zero attached hydrogens (tertiary/aromatic N) is 2. The largest absolute Gasteiger partial charge is 0.309 e. The third-order valence-corrected chi connectivity index (χ3v) is 8.02. The van der Waals surface area contributed by atoms with Crippen molar-refractivity contribution in [3.63, 3.8) is 0 Å². The smallest absolute Gasteiger partial charge is 0.0563 e. The van der Waals surface area contributed by atoms with Crippen molar-refractivity contribution in [1.82, 2.24) is 9.13 Å². The van der Waals surface area contributed by atoms with Gasteiger partial charge in [-0.25, -0.2) is 0 Å². The van der Waals surface area contributed by atoms with Crippen LogP contribution in [0, 0.1) is 0 Å². The molecule has 3 aromatic heterocycles. The summed E-state index contributed by atoms with van der Waals surface area (Å²) in [5, 5.41) is 5.35. The number of aromatic nitrogens is 2. The van der Waals surface area contributed by atoms with Gasteiger partial charge < -0.3 is 9.13 Å². The molecule has 3 heteroatoms. The van der Waals surface area contributed by atoms with Gasteiger partial charge in [0, 0.05) is 42.3 Å². The predicted octanol–water partition coefficient (Wildman–Crippen LogP) is 8.53. The lowest BCUT2D eigenvalue weighted by Crippen LogP contribution is -1.97. The third kappa shape index (κ3) is 2.22. The van der Waals surface area contributed by atoms with Gasteiger partial charge in [-0.05, 0) is 54.6 Å². The second kappa shape index (κ2) is 6.25. The first-order valence-corrected chi connectivity index (χ1v) is 12.0. The molecule has 0 atom stereocenters. The van der Waals surface area contributed by atoms with Crippen LogP contribution in [0.1, 0.15) is 0 Å². The van der Waals surface area contributed by atoms with Gasteiger partial charge in [-0.1, -0.05) is 54.6 Å². The summed E-state index contributed by atoms with van der Waals surface area (Å²) >= 11 is 1.87. The molecular formula is C30H18N2S. The first kappa shape index (κ1) is 17.5. The minimum atomic E-state index is 1.20. The van der Waals surface area contributed by atoms with Gasteiger partial charge in [0.15, 0.2) is 0 Å². The average Bonchev–Trinajstić information content (AvgIpc) is 3.52. The monoisotopic (exact) mass is 438 g/mol. The van der Waals surface area contributed by atoms with E-state index >= 15 is 0 Å². The maximum Gasteiger partial charge on any atom is 0.0563 e. The maximum atomic E-state index is 2.43. The second-order valence-electron chi connectivity index (χ2n) is 8.63. The molecule has 0 bridgehead atoms. The Hall–Kier alpha value is -4.08. The molecule has 8 aromatic rings. The molecular weight excluding hydrogens is 420 g/mol. The molecule has 3 heterocycles. The number of hydrogen-bond acceptors (Lipinski definition) is 1. The average molecular weight is 439 g/mol. The molecule has 0 spiro atoms. The zero-order valence-electron chi connectivity index (χ0n) is 17.7. The summed E-state index contributed by atoms with van der Waals surface area (Å²) in [4.78, 5) is 0. The number of hydrogen-bond donors (Lipinski definition) is 0. The molecule has 33 heavy (non-hydrogen) atoms. The topological polar surface area (TPSA) is 9.86 Å². The summed E-state index contributed by atoms with van der Waals surface area (Å²) in [6.07, 6.45) is 0. The van der Waals surface area contributed by atoms with Crippen LogP contribution in [-0.4, -0.2) is 9.13 Å². The molecule has 0 radical (unpaired) electrons. The van der Waals surface area contributed by atoms with Crippen molar-refractivity contribution in [2.75, 3.05) is 0 Å². The summed E-state index contributed by atoms with van der Waals surface area (Å²) in [6, 6.07) is 39.7. The van der Waals surface area contributed by atoms with Crippen molar-refractivity contribution < 1.29 is 0 Å². The molecule has 154 valence electrons. The van der Waals surface area contributed by atoms with Gasteiger partial charge in [-0.3, -0.25) is 0 Å². The highest BCUT2D eigenvalue weighted by Crippen LogP contribution is 2.43. The first-order chi connectivity index (χ1) is 16.4. The van der Waals surface area contributed by atoms with Crippen molar-refractivity contribution in [1.29, 1.82) is 0 Å². The fourth-order valence-electron chi connectivity index (χ4n) is 5.56. The highest BCUT2D eigenvalue weighted by atomic mass is 32.1. The molecule has 0 amide bonds. The van der Waals surface area contributed by atoms with Gasteiger partial charge in [0.25, 0.3) is 0 Å². The molecule has 5 aromatic carbocycles. The van der Waals surface area contributed by atoms with E-state index in [1.54, 1.807) is 0 Å². The molecule has 0 fully saturated rings. The van der Waals surface area contributed by atoms with Crippen molar-refractivity contribution in [3.8, 4) is 11.4 Å². The molecule has 2 nitrogen and oxygen atoms in total. The lowest BCUT2D eigenvalue weighted by atomic mass is 10.1. The molecule has 0 unspecified atom stereocenters. The van der Waals surface area contributed by atoms with Crippen LogP contribution in [0.2, 0.25) is 0 Å². The van der Waals surface area contributed by atoms with Gasteiger partial charge in [0.2, 0.25) is 0 Å². The number of rotatable bonds is 2. The summed E-state index contributed by atoms with van der Waals surface area (Å²) in [5.74, 6) is 0. The van der Waals surface area contributed by atoms with E-state index in [2.05, 4.69) is 118 Å². The van der Waals surface area contributed by atoms with Crippen LogP contribution in [0.4, 0.5) is 0 Å². The Bertz CT molecular complexity index is 1900. The SMILES string of the molecule is c1ccc(-n2c3cccc4c3c3c2cccc3n4-c2ccc3c(c2)sc2ccccc23)cc1. The number of thiophene rings is 1. The summed E-state index contributed by atoms with van der Waals surface area (Å²) in [5.41, 5.74) is 7.45. The molecule has 0 aliphatic carbocycles. The zero-order chi connectivity index (χ0) is 21.5. The Morgan fingerprint density at radius 2 is 1.00 bits per heavy atom. The Labute approximate surface area is 193 Å². The maximum absolute atomic E-state index is 2.43. The first-order valence-electron chi connectivity index (χ1n) is 11.2. The summed E-state index contributed by atoms with van der Waals surface area (Å²) in [6.45, 7) is 0. The number of para-hydroxylation sites is 1. The Balaban J connectivity index is 1.48. The number of benzene rings is 5. The number of fused-ring (bicyclic) bond motifs is 3. The fourth-order valence-corrected chi connectivity index (χ4v) is 6.70. The summed E-state index contributed by atoms with van der Waals surface area (Å²) < 4.78 is 7.50. The highest BCUT2D eigenvalue weighted by molar-refractivity contribution is 7.25. The normalized spacial score (nSPS) is 12.2. The van der Waals surface area contributed by atoms with Crippen molar-refractivity contribution >= 4 is 64.3 Å². The molecule has 0 saturated carbocycles. The van der Waals surface area contributed by atoms with Crippen LogP contribution >= 0.6 is 11.3 Å². The lowest BCUT2D eigenvalue weighted by Gasteiger charge is -2.12. The van der Waals surface area contributed by atoms with E-state index in [1.807, 2.05) is 11.3 Å². The molecule has 0 N–H and O–H groups in total. The van der Waals surface area contributed by atoms with Crippen LogP contribution in [0.3, 0.4) is 0 Å². The van der Waals surface area contributed by atoms with Gasteiger partial charge in [-0.2, -0.15) is 0 Å². The highest BCUT2D eigenvalue weighted by Gasteiger charge is 2.22. The van der Waals surface area contributed by atoms with Gasteiger partial charge in [0.1, 0.15) is 0 Å². The van der Waals surface area contributed by atoms with E-state index < -0.39 is 0 Å². The molecule has 8 rings (SSSR count). The van der Waals surface area contributed by atoms with Crippen LogP contribution in [0.5, 0.6) is 0 Å². The van der Waals surface area contributed by atoms with Crippen molar-refractivity contribution in [2.24, 2.45) is 0 Å². The Morgan fingerprint density at radius 3 is 1.70 bits per heavy atom. The standard InChI is InChI=1S/C30H18N2S/c1-2-8-19(9-3-1)31-23-11-6-13-25-29(23)30-24(31)12-7-14-26(30)32(25)20-16-17-22-21-10-4-5-15-27(21)33-28(22)18-20/h1-18H. The Kier molecular flexibility index (Phi) is 3.31. The Morgan fingerprint density at radius 1 is 0.424 bits per heavy atom. The van der Waals surface area contributed by atoms with Crippen LogP contribution < -0.4 is 0 Å². The van der Waals surface area contributed by atoms with E-state index in [1.165, 1.54) is 64.4 Å². The molecule has 0 aliphatic heterocycles. The van der Waals surface area contributed by atoms with Crippen LogP contribution in [0.15, 0.2) is 109 Å². The fraction of sp³-hybridized carbons (Fsp3) is 0. The predicted molar refractivity (Wildman–Crippen MR) is 142 cm³/mol. The summed E-state index contributed by atoms with van der Waals surface area (Å²) in [7, 11) is 0. The van der Waals surface area contributed by atoms with E-state index in [9.17, 15) is 0 Å². The zero-order valence-corrected chi connectivity index (χ0v) is 18.5. The van der Waals surface area contributed by atoms with Crippen molar-refractivity contribution in [2.45, 2.75) is 0 Å². The minimum absolute atomic E-state index is 1.20. The van der Waals surface area contributed by atoms with Crippen molar-refractivity contribution in [3.05, 3.63) is 109 Å². The van der Waals surface area contributed by atoms with Gasteiger partial charge in [0.05, 0.1) is 22.1 Å². The quantitative estimate of drug-likeness (QED) is 0.256. The van der Waals surface area contributed by atoms with E-state index in [4.69, 9.17) is 0 Å². The molecule has 0 aliphatic rings.